The van der Waals surface area contributed by atoms with Gasteiger partial charge in [-0.3, -0.25) is 14.7 Å². The van der Waals surface area contributed by atoms with Gasteiger partial charge in [0.2, 0.25) is 5.91 Å². The first-order chi connectivity index (χ1) is 12.6. The molecule has 0 aliphatic carbocycles. The van der Waals surface area contributed by atoms with E-state index in [0.29, 0.717) is 23.5 Å². The molecule has 3 heterocycles. The minimum Gasteiger partial charge on any atom is -0.493 e. The minimum atomic E-state index is -0.239. The maximum atomic E-state index is 12.6. The summed E-state index contributed by atoms with van der Waals surface area (Å²) in [6.45, 7) is 2.39. The lowest BCUT2D eigenvalue weighted by atomic mass is 10.0. The molecule has 134 valence electrons. The normalized spacial score (nSPS) is 16.6. The summed E-state index contributed by atoms with van der Waals surface area (Å²) in [6, 6.07) is 9.35. The second kappa shape index (κ2) is 6.67. The van der Waals surface area contributed by atoms with Crippen molar-refractivity contribution in [3.05, 3.63) is 63.7 Å². The molecule has 0 saturated heterocycles. The molecule has 0 fully saturated rings. The number of carbonyl (C=O) groups is 1. The molecule has 0 radical (unpaired) electrons. The molecule has 0 saturated carbocycles. The Bertz CT molecular complexity index is 1020. The largest absolute Gasteiger partial charge is 0.493 e. The van der Waals surface area contributed by atoms with Crippen molar-refractivity contribution in [3.63, 3.8) is 0 Å². The Morgan fingerprint density at radius 1 is 1.38 bits per heavy atom. The zero-order valence-electron chi connectivity index (χ0n) is 14.5. The van der Waals surface area contributed by atoms with E-state index in [1.54, 1.807) is 19.2 Å². The highest BCUT2D eigenvalue weighted by Crippen LogP contribution is 2.31. The summed E-state index contributed by atoms with van der Waals surface area (Å²) < 4.78 is 7.09. The smallest absolute Gasteiger partial charge is 0.276 e. The van der Waals surface area contributed by atoms with Crippen LogP contribution in [0.25, 0.3) is 5.65 Å². The Morgan fingerprint density at radius 2 is 2.23 bits per heavy atom. The van der Waals surface area contributed by atoms with Crippen LogP contribution in [0.3, 0.4) is 0 Å². The van der Waals surface area contributed by atoms with Gasteiger partial charge in [0.05, 0.1) is 19.1 Å². The maximum Gasteiger partial charge on any atom is 0.276 e. The summed E-state index contributed by atoms with van der Waals surface area (Å²) in [5, 5.41) is 5.88. The van der Waals surface area contributed by atoms with E-state index in [0.717, 1.165) is 24.2 Å². The highest BCUT2D eigenvalue weighted by Gasteiger charge is 2.22. The van der Waals surface area contributed by atoms with Gasteiger partial charge in [-0.25, -0.2) is 9.50 Å². The number of aromatic amines is 1. The van der Waals surface area contributed by atoms with Crippen molar-refractivity contribution in [3.8, 4) is 5.75 Å². The number of nitrogens with zero attached hydrogens (tertiary/aromatic N) is 2. The van der Waals surface area contributed by atoms with E-state index >= 15 is 0 Å². The first-order valence-corrected chi connectivity index (χ1v) is 8.70. The number of hydrogen-bond donors (Lipinski definition) is 2. The van der Waals surface area contributed by atoms with E-state index in [1.165, 1.54) is 4.52 Å². The summed E-state index contributed by atoms with van der Waals surface area (Å²) in [4.78, 5) is 29.6. The van der Waals surface area contributed by atoms with Gasteiger partial charge < -0.3 is 10.1 Å². The van der Waals surface area contributed by atoms with Crippen molar-refractivity contribution in [2.45, 2.75) is 32.2 Å². The van der Waals surface area contributed by atoms with E-state index in [1.807, 2.05) is 24.3 Å². The third-order valence-corrected chi connectivity index (χ3v) is 4.71. The Labute approximate surface area is 150 Å². The van der Waals surface area contributed by atoms with E-state index < -0.39 is 0 Å². The number of ether oxygens (including phenoxy) is 1. The van der Waals surface area contributed by atoms with Gasteiger partial charge in [0.1, 0.15) is 5.75 Å². The van der Waals surface area contributed by atoms with Crippen LogP contribution in [-0.2, 0) is 11.2 Å². The number of fused-ring (bicyclic) bond motifs is 2. The first-order valence-electron chi connectivity index (χ1n) is 8.70. The molecule has 1 amide bonds. The average molecular weight is 352 g/mol. The molecule has 0 bridgehead atoms. The molecule has 1 atom stereocenters. The number of amides is 1. The predicted molar refractivity (Wildman–Crippen MR) is 96.3 cm³/mol. The van der Waals surface area contributed by atoms with Gasteiger partial charge in [-0.1, -0.05) is 18.2 Å². The monoisotopic (exact) mass is 352 g/mol. The van der Waals surface area contributed by atoms with Gasteiger partial charge in [-0.05, 0) is 25.8 Å². The SMILES string of the molecule is Cc1nc2cc[nH]n2c(=O)c1CC(=O)NC1CCCOc2ccccc21. The summed E-state index contributed by atoms with van der Waals surface area (Å²) in [6.07, 6.45) is 3.31. The molecule has 1 aliphatic rings. The van der Waals surface area contributed by atoms with Crippen molar-refractivity contribution in [2.75, 3.05) is 6.61 Å². The number of aromatic nitrogens is 3. The van der Waals surface area contributed by atoms with Crippen LogP contribution in [0.1, 0.15) is 35.7 Å². The average Bonchev–Trinajstić information content (AvgIpc) is 3.01. The number of hydrogen-bond acceptors (Lipinski definition) is 4. The Balaban J connectivity index is 1.57. The quantitative estimate of drug-likeness (QED) is 0.754. The van der Waals surface area contributed by atoms with Crippen LogP contribution < -0.4 is 15.6 Å². The van der Waals surface area contributed by atoms with E-state index in [9.17, 15) is 9.59 Å². The topological polar surface area (TPSA) is 88.5 Å². The van der Waals surface area contributed by atoms with Gasteiger partial charge in [0.25, 0.3) is 5.56 Å². The van der Waals surface area contributed by atoms with Crippen LogP contribution in [-0.4, -0.2) is 27.1 Å². The summed E-state index contributed by atoms with van der Waals surface area (Å²) in [5.41, 5.74) is 2.27. The van der Waals surface area contributed by atoms with Crippen molar-refractivity contribution in [1.82, 2.24) is 19.9 Å². The summed E-state index contributed by atoms with van der Waals surface area (Å²) >= 11 is 0. The van der Waals surface area contributed by atoms with Crippen LogP contribution in [0.4, 0.5) is 0 Å². The zero-order chi connectivity index (χ0) is 18.1. The standard InChI is InChI=1S/C19H20N4O3/c1-12-14(19(25)23-17(21-12)8-9-20-23)11-18(24)22-15-6-4-10-26-16-7-3-2-5-13(15)16/h2-3,5,7-9,15,20H,4,6,10-11H2,1H3,(H,22,24). The van der Waals surface area contributed by atoms with Crippen LogP contribution in [0.2, 0.25) is 0 Å². The number of aryl methyl sites for hydroxylation is 1. The molecule has 7 heteroatoms. The maximum absolute atomic E-state index is 12.6. The number of carbonyl (C=O) groups excluding carboxylic acids is 1. The Morgan fingerprint density at radius 3 is 3.12 bits per heavy atom. The number of para-hydroxylation sites is 1. The van der Waals surface area contributed by atoms with Gasteiger partial charge in [0.15, 0.2) is 5.65 Å². The minimum absolute atomic E-state index is 0.000843. The van der Waals surface area contributed by atoms with Crippen LogP contribution >= 0.6 is 0 Å². The second-order valence-corrected chi connectivity index (χ2v) is 6.46. The van der Waals surface area contributed by atoms with Crippen molar-refractivity contribution >= 4 is 11.6 Å². The van der Waals surface area contributed by atoms with Crippen LogP contribution in [0, 0.1) is 6.92 Å². The molecule has 4 rings (SSSR count). The lowest BCUT2D eigenvalue weighted by Crippen LogP contribution is -2.33. The summed E-state index contributed by atoms with van der Waals surface area (Å²) in [7, 11) is 0. The lowest BCUT2D eigenvalue weighted by molar-refractivity contribution is -0.121. The molecular weight excluding hydrogens is 332 g/mol. The number of benzene rings is 1. The predicted octanol–water partition coefficient (Wildman–Crippen LogP) is 1.90. The van der Waals surface area contributed by atoms with Gasteiger partial charge in [-0.15, -0.1) is 0 Å². The lowest BCUT2D eigenvalue weighted by Gasteiger charge is -2.18. The molecule has 2 aromatic heterocycles. The number of nitrogens with one attached hydrogen (secondary N) is 2. The molecule has 3 aromatic rings. The van der Waals surface area contributed by atoms with Crippen LogP contribution in [0.15, 0.2) is 41.3 Å². The second-order valence-electron chi connectivity index (χ2n) is 6.46. The molecule has 7 nitrogen and oxygen atoms in total. The fourth-order valence-corrected chi connectivity index (χ4v) is 3.39. The molecule has 0 spiro atoms. The van der Waals surface area contributed by atoms with E-state index in [-0.39, 0.29) is 23.9 Å². The molecule has 1 aliphatic heterocycles. The summed E-state index contributed by atoms with van der Waals surface area (Å²) in [5.74, 6) is 0.612. The number of H-pyrrole nitrogens is 1. The van der Waals surface area contributed by atoms with Crippen molar-refractivity contribution in [1.29, 1.82) is 0 Å². The van der Waals surface area contributed by atoms with Crippen molar-refractivity contribution < 1.29 is 9.53 Å². The fraction of sp³-hybridized carbons (Fsp3) is 0.316. The zero-order valence-corrected chi connectivity index (χ0v) is 14.5. The molecule has 1 aromatic carbocycles. The van der Waals surface area contributed by atoms with Crippen LogP contribution in [0.5, 0.6) is 5.75 Å². The molecular formula is C19H20N4O3. The molecule has 1 unspecified atom stereocenters. The van der Waals surface area contributed by atoms with Gasteiger partial charge in [0, 0.05) is 29.1 Å². The highest BCUT2D eigenvalue weighted by molar-refractivity contribution is 5.79. The number of rotatable bonds is 3. The fourth-order valence-electron chi connectivity index (χ4n) is 3.39. The Hall–Kier alpha value is -3.09. The first kappa shape index (κ1) is 16.4. The third kappa shape index (κ3) is 2.96. The van der Waals surface area contributed by atoms with Gasteiger partial charge in [-0.2, -0.15) is 0 Å². The highest BCUT2D eigenvalue weighted by atomic mass is 16.5. The van der Waals surface area contributed by atoms with Crippen molar-refractivity contribution in [2.24, 2.45) is 0 Å². The van der Waals surface area contributed by atoms with Gasteiger partial charge >= 0.3 is 0 Å². The molecule has 2 N–H and O–H groups in total. The van der Waals surface area contributed by atoms with E-state index in [2.05, 4.69) is 15.4 Å². The molecule has 26 heavy (non-hydrogen) atoms. The van der Waals surface area contributed by atoms with E-state index in [4.69, 9.17) is 4.74 Å². The third-order valence-electron chi connectivity index (χ3n) is 4.71. The Kier molecular flexibility index (Phi) is 4.20.